The molecule has 16 aromatic rings. The second-order valence-electron chi connectivity index (χ2n) is 24.2. The molecule has 2 aliphatic carbocycles. The molecule has 5 heterocycles. The molecule has 4 aliphatic rings. The highest BCUT2D eigenvalue weighted by Crippen LogP contribution is 2.65. The van der Waals surface area contributed by atoms with Crippen molar-refractivity contribution in [2.24, 2.45) is 0 Å². The number of benzene rings is 13. The zero-order valence-electron chi connectivity index (χ0n) is 47.9. The van der Waals surface area contributed by atoms with Crippen LogP contribution in [0, 0.1) is 0 Å². The molecule has 2 spiro atoms. The van der Waals surface area contributed by atoms with Gasteiger partial charge in [-0.3, -0.25) is 4.40 Å². The zero-order valence-corrected chi connectivity index (χ0v) is 47.9. The van der Waals surface area contributed by atoms with Crippen LogP contribution >= 0.6 is 0 Å². The highest BCUT2D eigenvalue weighted by atomic mass is 16.5. The second-order valence-corrected chi connectivity index (χ2v) is 24.2. The Morgan fingerprint density at radius 1 is 0.270 bits per heavy atom. The van der Waals surface area contributed by atoms with Crippen molar-refractivity contribution in [3.05, 3.63) is 342 Å². The van der Waals surface area contributed by atoms with Crippen molar-refractivity contribution in [2.45, 2.75) is 10.8 Å². The van der Waals surface area contributed by atoms with E-state index in [9.17, 15) is 0 Å². The Morgan fingerprint density at radius 3 is 1.49 bits per heavy atom. The molecule has 2 aliphatic heterocycles. The molecule has 1 atom stereocenters. The fourth-order valence-electron chi connectivity index (χ4n) is 16.2. The average Bonchev–Trinajstić information content (AvgIpc) is 1.60. The summed E-state index contributed by atoms with van der Waals surface area (Å²) in [7, 11) is 0. The summed E-state index contributed by atoms with van der Waals surface area (Å²) < 4.78 is 16.5. The van der Waals surface area contributed by atoms with Crippen molar-refractivity contribution in [3.8, 4) is 89.9 Å². The first kappa shape index (κ1) is 48.6. The molecule has 20 rings (SSSR count). The third kappa shape index (κ3) is 6.52. The van der Waals surface area contributed by atoms with Crippen molar-refractivity contribution in [1.82, 2.24) is 14.4 Å². The molecular formula is C84H49N3O2. The van der Waals surface area contributed by atoms with Crippen LogP contribution in [0.15, 0.2) is 297 Å². The predicted octanol–water partition coefficient (Wildman–Crippen LogP) is 20.9. The highest BCUT2D eigenvalue weighted by molar-refractivity contribution is 6.15. The third-order valence-electron chi connectivity index (χ3n) is 19.9. The van der Waals surface area contributed by atoms with Crippen LogP contribution in [-0.4, -0.2) is 14.4 Å². The normalized spacial score (nSPS) is 15.1. The molecule has 1 unspecified atom stereocenters. The highest BCUT2D eigenvalue weighted by Gasteiger charge is 2.53. The maximum Gasteiger partial charge on any atom is 0.146 e. The molecule has 3 aromatic heterocycles. The van der Waals surface area contributed by atoms with E-state index in [2.05, 4.69) is 302 Å². The van der Waals surface area contributed by atoms with Gasteiger partial charge in [-0.2, -0.15) is 0 Å². The van der Waals surface area contributed by atoms with Gasteiger partial charge in [0.25, 0.3) is 0 Å². The second kappa shape index (κ2) is 18.0. The molecule has 0 saturated carbocycles. The molecule has 412 valence electrons. The minimum Gasteiger partial charge on any atom is -0.457 e. The molecule has 0 radical (unpaired) electrons. The van der Waals surface area contributed by atoms with Crippen LogP contribution in [0.2, 0.25) is 0 Å². The van der Waals surface area contributed by atoms with Crippen LogP contribution in [-0.2, 0) is 10.8 Å². The van der Waals surface area contributed by atoms with Gasteiger partial charge < -0.3 is 9.47 Å². The predicted molar refractivity (Wildman–Crippen MR) is 360 cm³/mol. The summed E-state index contributed by atoms with van der Waals surface area (Å²) >= 11 is 0. The van der Waals surface area contributed by atoms with Crippen molar-refractivity contribution < 1.29 is 9.47 Å². The number of para-hydroxylation sites is 5. The van der Waals surface area contributed by atoms with Gasteiger partial charge in [-0.05, 0) is 157 Å². The van der Waals surface area contributed by atoms with Gasteiger partial charge in [-0.15, -0.1) is 0 Å². The minimum atomic E-state index is -0.715. The van der Waals surface area contributed by atoms with Crippen LogP contribution < -0.4 is 9.47 Å². The van der Waals surface area contributed by atoms with Crippen LogP contribution in [0.1, 0.15) is 44.5 Å². The van der Waals surface area contributed by atoms with Gasteiger partial charge in [0.1, 0.15) is 28.6 Å². The SMILES string of the molecule is c1ccc(-c2ccc3cccc(-c4ccc5c(c4)C4(c6cc(-c7ccc8c(c7)-c7ccccc7C87c8ccccc8Oc8ccc(-c9ccc%10c%11ccccc%11n%11c%12ccccc%12nc%11c%10c9)cc87)ccc6O5)c5ccccc5-c5ccccc54)c3n2)cc1. The monoisotopic (exact) mass is 1130 g/mol. The standard InChI is InChI=1S/C84H49N3O2/c1-2-17-50(18-3-1)73-41-35-51-19-16-24-57(81(51)85-73)56-38-44-80-72(49-56)84(65-25-8-4-20-59(65)60-21-5-9-26-66(60)84)71-48-55(37-43-79(71)89-80)53-34-40-68-63(45-53)61-22-6-10-27-67(61)83(68)69-28-11-15-32-77(69)88-78-42-36-54(47-70(78)83)52-33-39-58-62-23-7-13-30-75(62)87-76-31-14-12-29-74(76)86-82(87)64(58)46-52/h1-49H. The van der Waals surface area contributed by atoms with Gasteiger partial charge >= 0.3 is 0 Å². The summed E-state index contributed by atoms with van der Waals surface area (Å²) in [6.07, 6.45) is 0. The number of nitrogens with zero attached hydrogens (tertiary/aromatic N) is 3. The minimum absolute atomic E-state index is 0.694. The maximum absolute atomic E-state index is 7.18. The third-order valence-corrected chi connectivity index (χ3v) is 19.9. The van der Waals surface area contributed by atoms with Gasteiger partial charge in [0.05, 0.1) is 38.6 Å². The molecule has 89 heavy (non-hydrogen) atoms. The Hall–Kier alpha value is -11.7. The van der Waals surface area contributed by atoms with E-state index in [-0.39, 0.29) is 0 Å². The Bertz CT molecular complexity index is 5730. The average molecular weight is 1130 g/mol. The number of imidazole rings is 1. The quantitative estimate of drug-likeness (QED) is 0.165. The fraction of sp³-hybridized carbons (Fsp3) is 0.0238. The summed E-state index contributed by atoms with van der Waals surface area (Å²) in [5.74, 6) is 3.40. The number of fused-ring (bicyclic) bond motifs is 27. The Morgan fingerprint density at radius 2 is 0.775 bits per heavy atom. The number of rotatable bonds is 4. The van der Waals surface area contributed by atoms with Crippen molar-refractivity contribution >= 4 is 49.3 Å². The smallest absolute Gasteiger partial charge is 0.146 e. The van der Waals surface area contributed by atoms with E-state index in [4.69, 9.17) is 19.4 Å². The molecule has 0 saturated heterocycles. The van der Waals surface area contributed by atoms with Crippen LogP contribution in [0.25, 0.3) is 116 Å². The lowest BCUT2D eigenvalue weighted by atomic mass is 9.65. The summed E-state index contributed by atoms with van der Waals surface area (Å²) in [6, 6.07) is 109. The van der Waals surface area contributed by atoms with E-state index < -0.39 is 10.8 Å². The van der Waals surface area contributed by atoms with Gasteiger partial charge in [-0.25, -0.2) is 9.97 Å². The topological polar surface area (TPSA) is 48.7 Å². The summed E-state index contributed by atoms with van der Waals surface area (Å²) in [5.41, 5.74) is 26.7. The summed E-state index contributed by atoms with van der Waals surface area (Å²) in [5, 5.41) is 4.58. The van der Waals surface area contributed by atoms with E-state index in [1.165, 1.54) is 55.3 Å². The summed E-state index contributed by atoms with van der Waals surface area (Å²) in [6.45, 7) is 0. The number of hydrogen-bond donors (Lipinski definition) is 0. The largest absolute Gasteiger partial charge is 0.457 e. The zero-order chi connectivity index (χ0) is 58.1. The first-order chi connectivity index (χ1) is 44.1. The van der Waals surface area contributed by atoms with Crippen LogP contribution in [0.4, 0.5) is 0 Å². The lowest BCUT2D eigenvalue weighted by molar-refractivity contribution is 0.436. The number of hydrogen-bond acceptors (Lipinski definition) is 4. The van der Waals surface area contributed by atoms with E-state index >= 15 is 0 Å². The Balaban J connectivity index is 0.766. The number of pyridine rings is 2. The first-order valence-electron chi connectivity index (χ1n) is 30.6. The molecule has 0 bridgehead atoms. The van der Waals surface area contributed by atoms with E-state index in [0.717, 1.165) is 128 Å². The van der Waals surface area contributed by atoms with E-state index in [1.54, 1.807) is 0 Å². The van der Waals surface area contributed by atoms with E-state index in [0.29, 0.717) is 0 Å². The molecular weight excluding hydrogens is 1080 g/mol. The molecule has 0 fully saturated rings. The Kier molecular flexibility index (Phi) is 9.80. The number of ether oxygens (including phenoxy) is 2. The van der Waals surface area contributed by atoms with Crippen molar-refractivity contribution in [3.63, 3.8) is 0 Å². The lowest BCUT2D eigenvalue weighted by Gasteiger charge is -2.40. The number of aromatic nitrogens is 3. The van der Waals surface area contributed by atoms with Gasteiger partial charge in [0.15, 0.2) is 0 Å². The van der Waals surface area contributed by atoms with Crippen LogP contribution in [0.3, 0.4) is 0 Å². The molecule has 0 N–H and O–H groups in total. The van der Waals surface area contributed by atoms with E-state index in [1.807, 2.05) is 0 Å². The first-order valence-corrected chi connectivity index (χ1v) is 30.6. The Labute approximate surface area is 512 Å². The van der Waals surface area contributed by atoms with Crippen molar-refractivity contribution in [1.29, 1.82) is 0 Å². The van der Waals surface area contributed by atoms with Gasteiger partial charge in [0.2, 0.25) is 0 Å². The molecule has 13 aromatic carbocycles. The summed E-state index contributed by atoms with van der Waals surface area (Å²) in [4.78, 5) is 10.7. The van der Waals surface area contributed by atoms with Gasteiger partial charge in [0, 0.05) is 49.5 Å². The van der Waals surface area contributed by atoms with Crippen molar-refractivity contribution in [2.75, 3.05) is 0 Å². The molecule has 0 amide bonds. The molecule has 5 heteroatoms. The molecule has 5 nitrogen and oxygen atoms in total. The fourth-order valence-corrected chi connectivity index (χ4v) is 16.2. The van der Waals surface area contributed by atoms with Crippen LogP contribution in [0.5, 0.6) is 23.0 Å². The maximum atomic E-state index is 7.18. The van der Waals surface area contributed by atoms with Gasteiger partial charge in [-0.1, -0.05) is 218 Å². The lowest BCUT2D eigenvalue weighted by Crippen LogP contribution is -2.32.